The van der Waals surface area contributed by atoms with Gasteiger partial charge in [-0.25, -0.2) is 0 Å². The van der Waals surface area contributed by atoms with Gasteiger partial charge in [-0.15, -0.1) is 0 Å². The Balaban J connectivity index is 1.86. The summed E-state index contributed by atoms with van der Waals surface area (Å²) in [4.78, 5) is 8.83. The molecule has 2 aromatic rings. The summed E-state index contributed by atoms with van der Waals surface area (Å²) in [5.41, 5.74) is 1.70. The van der Waals surface area contributed by atoms with Gasteiger partial charge in [0.15, 0.2) is 0 Å². The minimum atomic E-state index is 0.105. The third-order valence-corrected chi connectivity index (χ3v) is 4.22. The van der Waals surface area contributed by atoms with Gasteiger partial charge in [-0.2, -0.15) is 0 Å². The lowest BCUT2D eigenvalue weighted by atomic mass is 10.0. The van der Waals surface area contributed by atoms with Crippen molar-refractivity contribution in [3.8, 4) is 5.75 Å². The lowest BCUT2D eigenvalue weighted by Gasteiger charge is -2.36. The van der Waals surface area contributed by atoms with Gasteiger partial charge in [-0.05, 0) is 45.1 Å². The van der Waals surface area contributed by atoms with E-state index in [4.69, 9.17) is 0 Å². The van der Waals surface area contributed by atoms with Gasteiger partial charge in [-0.3, -0.25) is 10.1 Å². The van der Waals surface area contributed by atoms with Gasteiger partial charge in [-0.1, -0.05) is 6.07 Å². The first-order valence-corrected chi connectivity index (χ1v) is 7.12. The van der Waals surface area contributed by atoms with E-state index in [0.717, 1.165) is 42.5 Å². The second-order valence-corrected chi connectivity index (χ2v) is 5.70. The van der Waals surface area contributed by atoms with Gasteiger partial charge in [0.25, 0.3) is 0 Å². The van der Waals surface area contributed by atoms with Crippen molar-refractivity contribution < 1.29 is 5.11 Å². The molecule has 1 aliphatic heterocycles. The maximum Gasteiger partial charge on any atom is 0.202 e. The average molecular weight is 270 g/mol. The van der Waals surface area contributed by atoms with Crippen LogP contribution in [0.2, 0.25) is 0 Å². The van der Waals surface area contributed by atoms with E-state index in [1.807, 2.05) is 18.2 Å². The normalized spacial score (nSPS) is 17.1. The Bertz CT molecular complexity index is 604. The number of pyridine rings is 1. The van der Waals surface area contributed by atoms with Crippen molar-refractivity contribution in [1.29, 1.82) is 0 Å². The number of benzene rings is 1. The van der Waals surface area contributed by atoms with E-state index in [-0.39, 0.29) is 5.75 Å². The van der Waals surface area contributed by atoms with E-state index in [1.165, 1.54) is 0 Å². The third kappa shape index (κ3) is 2.43. The molecule has 0 bridgehead atoms. The van der Waals surface area contributed by atoms with Crippen LogP contribution in [-0.4, -0.2) is 43.1 Å². The van der Waals surface area contributed by atoms with Gasteiger partial charge in [0.2, 0.25) is 5.75 Å². The topological polar surface area (TPSA) is 39.3 Å². The number of anilines is 1. The van der Waals surface area contributed by atoms with Crippen LogP contribution in [0.5, 0.6) is 5.75 Å². The Hall–Kier alpha value is -1.81. The highest BCUT2D eigenvalue weighted by Crippen LogP contribution is 2.33. The molecule has 1 saturated heterocycles. The summed E-state index contributed by atoms with van der Waals surface area (Å²) in [5, 5.41) is 13.2. The first-order chi connectivity index (χ1) is 9.65. The van der Waals surface area contributed by atoms with Gasteiger partial charge < -0.3 is 9.80 Å². The highest BCUT2D eigenvalue weighted by molar-refractivity contribution is 5.85. The number of aromatic nitrogens is 1. The average Bonchev–Trinajstić information content (AvgIpc) is 2.46. The Morgan fingerprint density at radius 2 is 2.00 bits per heavy atom. The molecular weight excluding hydrogens is 250 g/mol. The highest BCUT2D eigenvalue weighted by Gasteiger charge is 2.23. The number of rotatable bonds is 2. The zero-order valence-corrected chi connectivity index (χ0v) is 12.0. The summed E-state index contributed by atoms with van der Waals surface area (Å²) in [6.45, 7) is 1.88. The number of hydrogen-bond acceptors (Lipinski definition) is 3. The Labute approximate surface area is 119 Å². The van der Waals surface area contributed by atoms with Crippen molar-refractivity contribution in [2.75, 3.05) is 32.1 Å². The molecule has 1 aromatic carbocycles. The lowest BCUT2D eigenvalue weighted by molar-refractivity contribution is 0.248. The van der Waals surface area contributed by atoms with E-state index >= 15 is 0 Å². The molecule has 4 nitrogen and oxygen atoms in total. The first-order valence-electron chi connectivity index (χ1n) is 7.12. The molecule has 4 heteroatoms. The van der Waals surface area contributed by atoms with Gasteiger partial charge in [0.05, 0.1) is 11.2 Å². The molecule has 105 valence electrons. The SMILES string of the molecule is CN(C)C1CCN(c2cc3ncccc3cc2[O])CC1. The van der Waals surface area contributed by atoms with Gasteiger partial charge >= 0.3 is 0 Å². The van der Waals surface area contributed by atoms with Crippen LogP contribution < -0.4 is 4.90 Å². The van der Waals surface area contributed by atoms with Gasteiger partial charge in [0.1, 0.15) is 0 Å². The molecule has 1 aliphatic rings. The van der Waals surface area contributed by atoms with E-state index in [2.05, 4.69) is 28.9 Å². The fourth-order valence-corrected chi connectivity index (χ4v) is 2.96. The van der Waals surface area contributed by atoms with Crippen LogP contribution in [0.1, 0.15) is 12.8 Å². The Morgan fingerprint density at radius 1 is 1.25 bits per heavy atom. The standard InChI is InChI=1S/C16H20N3O/c1-18(2)13-5-8-19(9-6-13)15-11-14-12(10-16(15)20)4-3-7-17-14/h3-4,7,10-11,13H,5-6,8-9H2,1-2H3. The second-order valence-electron chi connectivity index (χ2n) is 5.70. The zero-order valence-electron chi connectivity index (χ0n) is 12.0. The summed E-state index contributed by atoms with van der Waals surface area (Å²) in [6.07, 6.45) is 3.98. The predicted octanol–water partition coefficient (Wildman–Crippen LogP) is 2.91. The van der Waals surface area contributed by atoms with Crippen molar-refractivity contribution in [3.63, 3.8) is 0 Å². The molecule has 1 fully saturated rings. The summed E-state index contributed by atoms with van der Waals surface area (Å²) in [7, 11) is 4.25. The molecule has 1 radical (unpaired) electrons. The molecule has 0 saturated carbocycles. The molecule has 0 unspecified atom stereocenters. The Kier molecular flexibility index (Phi) is 3.49. The molecular formula is C16H20N3O. The fraction of sp³-hybridized carbons (Fsp3) is 0.438. The molecule has 3 rings (SSSR count). The smallest absolute Gasteiger partial charge is 0.202 e. The predicted molar refractivity (Wildman–Crippen MR) is 80.8 cm³/mol. The van der Waals surface area contributed by atoms with E-state index in [0.29, 0.717) is 6.04 Å². The highest BCUT2D eigenvalue weighted by atomic mass is 16.3. The number of nitrogens with zero attached hydrogens (tertiary/aromatic N) is 3. The summed E-state index contributed by atoms with van der Waals surface area (Å²) < 4.78 is 0. The maximum atomic E-state index is 12.3. The third-order valence-electron chi connectivity index (χ3n) is 4.22. The number of hydrogen-bond donors (Lipinski definition) is 0. The van der Waals surface area contributed by atoms with Crippen molar-refractivity contribution in [3.05, 3.63) is 30.5 Å². The molecule has 1 aromatic heterocycles. The van der Waals surface area contributed by atoms with E-state index in [9.17, 15) is 5.11 Å². The van der Waals surface area contributed by atoms with Crippen molar-refractivity contribution >= 4 is 16.6 Å². The minimum absolute atomic E-state index is 0.105. The van der Waals surface area contributed by atoms with Crippen LogP contribution in [0.15, 0.2) is 30.5 Å². The molecule has 0 atom stereocenters. The first kappa shape index (κ1) is 13.2. The largest absolute Gasteiger partial charge is 0.368 e. The van der Waals surface area contributed by atoms with E-state index in [1.54, 1.807) is 12.3 Å². The number of fused-ring (bicyclic) bond motifs is 1. The molecule has 20 heavy (non-hydrogen) atoms. The molecule has 0 spiro atoms. The molecule has 0 N–H and O–H groups in total. The lowest BCUT2D eigenvalue weighted by Crippen LogP contribution is -2.41. The van der Waals surface area contributed by atoms with Crippen LogP contribution in [0.3, 0.4) is 0 Å². The Morgan fingerprint density at radius 3 is 2.70 bits per heavy atom. The summed E-state index contributed by atoms with van der Waals surface area (Å²) in [6, 6.07) is 8.07. The summed E-state index contributed by atoms with van der Waals surface area (Å²) >= 11 is 0. The molecule has 2 heterocycles. The van der Waals surface area contributed by atoms with Crippen LogP contribution in [-0.2, 0) is 5.11 Å². The monoisotopic (exact) mass is 270 g/mol. The maximum absolute atomic E-state index is 12.3. The van der Waals surface area contributed by atoms with Crippen LogP contribution in [0, 0.1) is 0 Å². The van der Waals surface area contributed by atoms with Gasteiger partial charge in [0, 0.05) is 30.7 Å². The quantitative estimate of drug-likeness (QED) is 0.842. The van der Waals surface area contributed by atoms with Crippen molar-refractivity contribution in [1.82, 2.24) is 9.88 Å². The van der Waals surface area contributed by atoms with Crippen LogP contribution in [0.4, 0.5) is 5.69 Å². The van der Waals surface area contributed by atoms with Crippen molar-refractivity contribution in [2.24, 2.45) is 0 Å². The number of piperidine rings is 1. The molecule has 0 aliphatic carbocycles. The van der Waals surface area contributed by atoms with Crippen molar-refractivity contribution in [2.45, 2.75) is 18.9 Å². The summed E-state index contributed by atoms with van der Waals surface area (Å²) in [5.74, 6) is 0.105. The minimum Gasteiger partial charge on any atom is -0.368 e. The van der Waals surface area contributed by atoms with Crippen LogP contribution >= 0.6 is 0 Å². The van der Waals surface area contributed by atoms with E-state index < -0.39 is 0 Å². The van der Waals surface area contributed by atoms with Crippen LogP contribution in [0.25, 0.3) is 10.9 Å². The second kappa shape index (κ2) is 5.29. The molecule has 0 amide bonds. The fourth-order valence-electron chi connectivity index (χ4n) is 2.96. The zero-order chi connectivity index (χ0) is 14.1.